The van der Waals surface area contributed by atoms with Crippen LogP contribution in [-0.2, 0) is 10.0 Å². The summed E-state index contributed by atoms with van der Waals surface area (Å²) in [6.07, 6.45) is 1.34. The van der Waals surface area contributed by atoms with Crippen molar-refractivity contribution in [3.05, 3.63) is 48.3 Å². The fourth-order valence-electron chi connectivity index (χ4n) is 2.28. The van der Waals surface area contributed by atoms with Crippen LogP contribution in [0.15, 0.2) is 42.7 Å². The summed E-state index contributed by atoms with van der Waals surface area (Å²) in [7, 11) is -3.32. The molecule has 1 amide bonds. The average molecular weight is 345 g/mol. The van der Waals surface area contributed by atoms with Gasteiger partial charge in [0, 0.05) is 11.3 Å². The first kappa shape index (κ1) is 15.9. The summed E-state index contributed by atoms with van der Waals surface area (Å²) in [6.45, 7) is 1.57. The monoisotopic (exact) mass is 345 g/mol. The second-order valence-corrected chi connectivity index (χ2v) is 7.09. The van der Waals surface area contributed by atoms with Crippen molar-refractivity contribution in [3.8, 4) is 11.3 Å². The summed E-state index contributed by atoms with van der Waals surface area (Å²) in [4.78, 5) is 15.5. The lowest BCUT2D eigenvalue weighted by Gasteiger charge is -2.09. The number of nitrogens with two attached hydrogens (primary N) is 1. The number of aromatic nitrogens is 3. The molecule has 24 heavy (non-hydrogen) atoms. The highest BCUT2D eigenvalue weighted by Crippen LogP contribution is 2.23. The molecule has 0 fully saturated rings. The third-order valence-electron chi connectivity index (χ3n) is 3.52. The number of hydrogen-bond donors (Lipinski definition) is 2. The van der Waals surface area contributed by atoms with Crippen LogP contribution in [0.25, 0.3) is 16.9 Å². The molecule has 0 aliphatic heterocycles. The third-order valence-corrected chi connectivity index (χ3v) is 4.83. The maximum atomic E-state index is 11.6. The smallest absolute Gasteiger partial charge is 0.252 e. The Labute approximate surface area is 138 Å². The Kier molecular flexibility index (Phi) is 3.94. The highest BCUT2D eigenvalue weighted by Gasteiger charge is 2.13. The van der Waals surface area contributed by atoms with Gasteiger partial charge in [-0.05, 0) is 31.2 Å². The van der Waals surface area contributed by atoms with Gasteiger partial charge >= 0.3 is 0 Å². The SMILES string of the molecule is CCS(=O)(=O)Nc1ccc(-c2ccc(C(N)=O)c3ncnn23)cc1. The Bertz CT molecular complexity index is 1010. The lowest BCUT2D eigenvalue weighted by molar-refractivity contribution is 0.100. The zero-order chi connectivity index (χ0) is 17.3. The highest BCUT2D eigenvalue weighted by molar-refractivity contribution is 7.92. The number of rotatable bonds is 5. The van der Waals surface area contributed by atoms with E-state index >= 15 is 0 Å². The van der Waals surface area contributed by atoms with E-state index in [1.807, 2.05) is 0 Å². The molecule has 0 bridgehead atoms. The minimum atomic E-state index is -3.32. The minimum absolute atomic E-state index is 0.00289. The van der Waals surface area contributed by atoms with E-state index in [1.54, 1.807) is 43.3 Å². The van der Waals surface area contributed by atoms with Gasteiger partial charge in [-0.3, -0.25) is 9.52 Å². The van der Waals surface area contributed by atoms with Crippen LogP contribution in [-0.4, -0.2) is 34.7 Å². The number of carbonyl (C=O) groups excluding carboxylic acids is 1. The lowest BCUT2D eigenvalue weighted by atomic mass is 10.1. The van der Waals surface area contributed by atoms with E-state index in [0.717, 1.165) is 5.56 Å². The van der Waals surface area contributed by atoms with Gasteiger partial charge in [0.15, 0.2) is 5.65 Å². The Morgan fingerprint density at radius 1 is 1.21 bits per heavy atom. The van der Waals surface area contributed by atoms with Gasteiger partial charge in [-0.15, -0.1) is 0 Å². The van der Waals surface area contributed by atoms with Crippen LogP contribution in [0.5, 0.6) is 0 Å². The maximum Gasteiger partial charge on any atom is 0.252 e. The first-order chi connectivity index (χ1) is 11.4. The van der Waals surface area contributed by atoms with Crippen LogP contribution in [0.3, 0.4) is 0 Å². The van der Waals surface area contributed by atoms with E-state index in [-0.39, 0.29) is 11.3 Å². The first-order valence-corrected chi connectivity index (χ1v) is 8.80. The number of carbonyl (C=O) groups is 1. The number of hydrogen-bond acceptors (Lipinski definition) is 5. The van der Waals surface area contributed by atoms with Gasteiger partial charge in [0.05, 0.1) is 17.0 Å². The second-order valence-electron chi connectivity index (χ2n) is 5.07. The average Bonchev–Trinajstić information content (AvgIpc) is 3.04. The molecule has 0 atom stereocenters. The topological polar surface area (TPSA) is 119 Å². The van der Waals surface area contributed by atoms with Gasteiger partial charge in [-0.25, -0.2) is 17.9 Å². The molecular weight excluding hydrogens is 330 g/mol. The van der Waals surface area contributed by atoms with E-state index in [9.17, 15) is 13.2 Å². The number of fused-ring (bicyclic) bond motifs is 1. The fraction of sp³-hybridized carbons (Fsp3) is 0.133. The largest absolute Gasteiger partial charge is 0.365 e. The van der Waals surface area contributed by atoms with Crippen molar-refractivity contribution in [3.63, 3.8) is 0 Å². The molecule has 3 rings (SSSR count). The number of sulfonamides is 1. The molecule has 124 valence electrons. The van der Waals surface area contributed by atoms with Gasteiger partial charge in [0.1, 0.15) is 6.33 Å². The maximum absolute atomic E-state index is 11.6. The predicted molar refractivity (Wildman–Crippen MR) is 90.0 cm³/mol. The van der Waals surface area contributed by atoms with Crippen LogP contribution in [0.1, 0.15) is 17.3 Å². The third kappa shape index (κ3) is 2.93. The molecule has 0 aliphatic carbocycles. The van der Waals surface area contributed by atoms with Crippen LogP contribution in [0.4, 0.5) is 5.69 Å². The molecule has 1 aromatic carbocycles. The van der Waals surface area contributed by atoms with E-state index in [2.05, 4.69) is 14.8 Å². The predicted octanol–water partition coefficient (Wildman–Crippen LogP) is 1.26. The molecule has 2 aromatic heterocycles. The van der Waals surface area contributed by atoms with Gasteiger partial charge in [0.25, 0.3) is 5.91 Å². The lowest BCUT2D eigenvalue weighted by Crippen LogP contribution is -2.14. The fourth-order valence-corrected chi connectivity index (χ4v) is 2.92. The molecule has 8 nitrogen and oxygen atoms in total. The summed E-state index contributed by atoms with van der Waals surface area (Å²) in [5, 5.41) is 4.12. The Morgan fingerprint density at radius 2 is 1.92 bits per heavy atom. The molecule has 0 saturated carbocycles. The van der Waals surface area contributed by atoms with Crippen molar-refractivity contribution in [2.24, 2.45) is 5.73 Å². The number of anilines is 1. The van der Waals surface area contributed by atoms with Crippen LogP contribution >= 0.6 is 0 Å². The second kappa shape index (κ2) is 5.93. The molecular formula is C15H15N5O3S. The van der Waals surface area contributed by atoms with Gasteiger partial charge in [-0.2, -0.15) is 5.10 Å². The minimum Gasteiger partial charge on any atom is -0.365 e. The van der Waals surface area contributed by atoms with Crippen LogP contribution in [0, 0.1) is 0 Å². The van der Waals surface area contributed by atoms with Crippen molar-refractivity contribution >= 4 is 27.3 Å². The molecule has 9 heteroatoms. The summed E-state index contributed by atoms with van der Waals surface area (Å²) in [5.74, 6) is -0.577. The van der Waals surface area contributed by atoms with Crippen molar-refractivity contribution in [1.29, 1.82) is 0 Å². The molecule has 3 N–H and O–H groups in total. The standard InChI is InChI=1S/C15H15N5O3S/c1-2-24(22,23)19-11-5-3-10(4-6-11)13-8-7-12(14(16)21)15-17-9-18-20(13)15/h3-9,19H,2H2,1H3,(H2,16,21). The molecule has 2 heterocycles. The number of primary amides is 1. The Morgan fingerprint density at radius 3 is 2.54 bits per heavy atom. The number of amides is 1. The first-order valence-electron chi connectivity index (χ1n) is 7.15. The molecule has 0 radical (unpaired) electrons. The molecule has 0 spiro atoms. The number of pyridine rings is 1. The van der Waals surface area contributed by atoms with E-state index < -0.39 is 15.9 Å². The number of nitrogens with one attached hydrogen (secondary N) is 1. The summed E-state index contributed by atoms with van der Waals surface area (Å²) in [5.41, 5.74) is 7.96. The van der Waals surface area contributed by atoms with Gasteiger partial charge in [-0.1, -0.05) is 12.1 Å². The van der Waals surface area contributed by atoms with Crippen LogP contribution < -0.4 is 10.5 Å². The Hall–Kier alpha value is -2.94. The zero-order valence-corrected chi connectivity index (χ0v) is 13.6. The van der Waals surface area contributed by atoms with Crippen LogP contribution in [0.2, 0.25) is 0 Å². The van der Waals surface area contributed by atoms with Crippen molar-refractivity contribution in [2.45, 2.75) is 6.92 Å². The quantitative estimate of drug-likeness (QED) is 0.721. The van der Waals surface area contributed by atoms with E-state index in [1.165, 1.54) is 10.8 Å². The number of benzene rings is 1. The van der Waals surface area contributed by atoms with Crippen molar-refractivity contribution in [1.82, 2.24) is 14.6 Å². The van der Waals surface area contributed by atoms with E-state index in [4.69, 9.17) is 5.73 Å². The summed E-state index contributed by atoms with van der Waals surface area (Å²) < 4.78 is 27.2. The molecule has 0 saturated heterocycles. The molecule has 3 aromatic rings. The van der Waals surface area contributed by atoms with Gasteiger partial charge < -0.3 is 5.73 Å². The summed E-state index contributed by atoms with van der Waals surface area (Å²) >= 11 is 0. The number of nitrogens with zero attached hydrogens (tertiary/aromatic N) is 3. The van der Waals surface area contributed by atoms with Crippen molar-refractivity contribution < 1.29 is 13.2 Å². The highest BCUT2D eigenvalue weighted by atomic mass is 32.2. The summed E-state index contributed by atoms with van der Waals surface area (Å²) in [6, 6.07) is 10.1. The van der Waals surface area contributed by atoms with Gasteiger partial charge in [0.2, 0.25) is 10.0 Å². The molecule has 0 unspecified atom stereocenters. The molecule has 0 aliphatic rings. The Balaban J connectivity index is 2.01. The normalized spacial score (nSPS) is 11.5. The zero-order valence-electron chi connectivity index (χ0n) is 12.8. The van der Waals surface area contributed by atoms with E-state index in [0.29, 0.717) is 17.0 Å². The van der Waals surface area contributed by atoms with Crippen molar-refractivity contribution in [2.75, 3.05) is 10.5 Å².